The predicted molar refractivity (Wildman–Crippen MR) is 142 cm³/mol. The lowest BCUT2D eigenvalue weighted by molar-refractivity contribution is -0.137. The smallest absolute Gasteiger partial charge is 0.303 e. The van der Waals surface area contributed by atoms with E-state index in [1.54, 1.807) is 0 Å². The fourth-order valence-corrected chi connectivity index (χ4v) is 4.47. The van der Waals surface area contributed by atoms with Crippen LogP contribution >= 0.6 is 0 Å². The standard InChI is InChI=1S/C30H58O2/c1-2-3-4-5-6-7-8-9-10-11-12-13-14-15-16-17-18-19-20-21-22-23-24-25-26-27-28-29-30(31)32/h8-9H,2-7,10-29H2,1H3,(H,31,32). The van der Waals surface area contributed by atoms with Crippen molar-refractivity contribution in [2.45, 2.75) is 174 Å². The second-order valence-corrected chi connectivity index (χ2v) is 9.97. The molecular weight excluding hydrogens is 392 g/mol. The van der Waals surface area contributed by atoms with Gasteiger partial charge in [-0.1, -0.05) is 147 Å². The molecule has 0 saturated heterocycles. The molecule has 0 aromatic heterocycles. The van der Waals surface area contributed by atoms with Crippen LogP contribution in [-0.2, 0) is 4.79 Å². The number of allylic oxidation sites excluding steroid dienone is 2. The SMILES string of the molecule is CCCCCCCC=CCCCCCCCCCCCCCCCCCCCCC(=O)O. The van der Waals surface area contributed by atoms with E-state index in [2.05, 4.69) is 19.1 Å². The molecule has 1 N–H and O–H groups in total. The van der Waals surface area contributed by atoms with E-state index in [9.17, 15) is 4.79 Å². The molecule has 0 spiro atoms. The third-order valence-corrected chi connectivity index (χ3v) is 6.65. The Morgan fingerprint density at radius 2 is 0.750 bits per heavy atom. The van der Waals surface area contributed by atoms with Crippen molar-refractivity contribution >= 4 is 5.97 Å². The van der Waals surface area contributed by atoms with Crippen molar-refractivity contribution in [1.29, 1.82) is 0 Å². The van der Waals surface area contributed by atoms with Gasteiger partial charge in [0.15, 0.2) is 0 Å². The molecule has 0 radical (unpaired) electrons. The highest BCUT2D eigenvalue weighted by molar-refractivity contribution is 5.66. The Morgan fingerprint density at radius 1 is 0.469 bits per heavy atom. The van der Waals surface area contributed by atoms with Gasteiger partial charge in [-0.2, -0.15) is 0 Å². The van der Waals surface area contributed by atoms with Gasteiger partial charge < -0.3 is 5.11 Å². The molecule has 0 aliphatic rings. The van der Waals surface area contributed by atoms with E-state index in [0.717, 1.165) is 12.8 Å². The van der Waals surface area contributed by atoms with Gasteiger partial charge >= 0.3 is 5.97 Å². The van der Waals surface area contributed by atoms with Crippen LogP contribution in [-0.4, -0.2) is 11.1 Å². The lowest BCUT2D eigenvalue weighted by atomic mass is 10.0. The first-order valence-corrected chi connectivity index (χ1v) is 14.6. The largest absolute Gasteiger partial charge is 0.481 e. The van der Waals surface area contributed by atoms with Gasteiger partial charge in [0.05, 0.1) is 0 Å². The number of carbonyl (C=O) groups is 1. The van der Waals surface area contributed by atoms with E-state index < -0.39 is 5.97 Å². The van der Waals surface area contributed by atoms with Crippen molar-refractivity contribution in [3.8, 4) is 0 Å². The first-order valence-electron chi connectivity index (χ1n) is 14.6. The van der Waals surface area contributed by atoms with Gasteiger partial charge in [-0.15, -0.1) is 0 Å². The summed E-state index contributed by atoms with van der Waals surface area (Å²) < 4.78 is 0. The van der Waals surface area contributed by atoms with Gasteiger partial charge in [0, 0.05) is 6.42 Å². The van der Waals surface area contributed by atoms with Gasteiger partial charge in [-0.25, -0.2) is 0 Å². The Hall–Kier alpha value is -0.790. The molecule has 0 bridgehead atoms. The van der Waals surface area contributed by atoms with Crippen molar-refractivity contribution in [3.63, 3.8) is 0 Å². The maximum atomic E-state index is 10.4. The molecule has 32 heavy (non-hydrogen) atoms. The van der Waals surface area contributed by atoms with Crippen molar-refractivity contribution in [1.82, 2.24) is 0 Å². The van der Waals surface area contributed by atoms with Crippen molar-refractivity contribution in [2.24, 2.45) is 0 Å². The molecule has 190 valence electrons. The van der Waals surface area contributed by atoms with Gasteiger partial charge in [0.25, 0.3) is 0 Å². The highest BCUT2D eigenvalue weighted by Gasteiger charge is 1.97. The third-order valence-electron chi connectivity index (χ3n) is 6.65. The average Bonchev–Trinajstić information content (AvgIpc) is 2.78. The summed E-state index contributed by atoms with van der Waals surface area (Å²) >= 11 is 0. The zero-order valence-corrected chi connectivity index (χ0v) is 21.9. The summed E-state index contributed by atoms with van der Waals surface area (Å²) in [5.74, 6) is -0.651. The third kappa shape index (κ3) is 29.2. The van der Waals surface area contributed by atoms with Gasteiger partial charge in [0.2, 0.25) is 0 Å². The molecule has 0 heterocycles. The van der Waals surface area contributed by atoms with E-state index in [1.807, 2.05) is 0 Å². The van der Waals surface area contributed by atoms with Crippen LogP contribution in [0.15, 0.2) is 12.2 Å². The summed E-state index contributed by atoms with van der Waals surface area (Å²) in [6.07, 6.45) is 39.0. The molecule has 0 aliphatic heterocycles. The molecule has 0 aromatic rings. The molecule has 0 saturated carbocycles. The quantitative estimate of drug-likeness (QED) is 0.0997. The van der Waals surface area contributed by atoms with E-state index >= 15 is 0 Å². The molecule has 0 aromatic carbocycles. The summed E-state index contributed by atoms with van der Waals surface area (Å²) in [5, 5.41) is 8.60. The number of hydrogen-bond acceptors (Lipinski definition) is 1. The minimum absolute atomic E-state index is 0.344. The van der Waals surface area contributed by atoms with Crippen LogP contribution < -0.4 is 0 Å². The molecule has 0 atom stereocenters. The number of hydrogen-bond donors (Lipinski definition) is 1. The first-order chi connectivity index (χ1) is 15.8. The number of aliphatic carboxylic acids is 1. The number of unbranched alkanes of at least 4 members (excludes halogenated alkanes) is 23. The summed E-state index contributed by atoms with van der Waals surface area (Å²) in [7, 11) is 0. The Balaban J connectivity index is 3.05. The number of rotatable bonds is 27. The van der Waals surface area contributed by atoms with Gasteiger partial charge in [0.1, 0.15) is 0 Å². The number of carboxylic acids is 1. The molecular formula is C30H58O2. The molecule has 0 rings (SSSR count). The van der Waals surface area contributed by atoms with Gasteiger partial charge in [-0.3, -0.25) is 4.79 Å². The van der Waals surface area contributed by atoms with Crippen LogP contribution in [0.5, 0.6) is 0 Å². The monoisotopic (exact) mass is 450 g/mol. The van der Waals surface area contributed by atoms with Crippen LogP contribution in [0.2, 0.25) is 0 Å². The fourth-order valence-electron chi connectivity index (χ4n) is 4.47. The normalized spacial score (nSPS) is 11.5. The number of carboxylic acid groups (broad SMARTS) is 1. The first kappa shape index (κ1) is 31.2. The zero-order valence-electron chi connectivity index (χ0n) is 21.9. The van der Waals surface area contributed by atoms with Crippen molar-refractivity contribution in [3.05, 3.63) is 12.2 Å². The van der Waals surface area contributed by atoms with Crippen LogP contribution in [0.4, 0.5) is 0 Å². The van der Waals surface area contributed by atoms with Crippen LogP contribution in [0.25, 0.3) is 0 Å². The average molecular weight is 451 g/mol. The van der Waals surface area contributed by atoms with Crippen LogP contribution in [0, 0.1) is 0 Å². The maximum absolute atomic E-state index is 10.4. The Morgan fingerprint density at radius 3 is 1.06 bits per heavy atom. The maximum Gasteiger partial charge on any atom is 0.303 e. The topological polar surface area (TPSA) is 37.3 Å². The van der Waals surface area contributed by atoms with Crippen LogP contribution in [0.3, 0.4) is 0 Å². The lowest BCUT2D eigenvalue weighted by Crippen LogP contribution is -1.93. The molecule has 0 unspecified atom stereocenters. The Kier molecular flexibility index (Phi) is 27.5. The highest BCUT2D eigenvalue weighted by atomic mass is 16.4. The fraction of sp³-hybridized carbons (Fsp3) is 0.900. The molecule has 0 amide bonds. The minimum Gasteiger partial charge on any atom is -0.481 e. The predicted octanol–water partition coefficient (Wildman–Crippen LogP) is 10.8. The summed E-state index contributed by atoms with van der Waals surface area (Å²) in [6.45, 7) is 2.28. The summed E-state index contributed by atoms with van der Waals surface area (Å²) in [5.41, 5.74) is 0. The van der Waals surface area contributed by atoms with E-state index in [-0.39, 0.29) is 0 Å². The highest BCUT2D eigenvalue weighted by Crippen LogP contribution is 2.15. The molecule has 2 heteroatoms. The van der Waals surface area contributed by atoms with E-state index in [0.29, 0.717) is 6.42 Å². The lowest BCUT2D eigenvalue weighted by Gasteiger charge is -2.04. The summed E-state index contributed by atoms with van der Waals surface area (Å²) in [6, 6.07) is 0. The molecule has 0 aliphatic carbocycles. The summed E-state index contributed by atoms with van der Waals surface area (Å²) in [4.78, 5) is 10.4. The van der Waals surface area contributed by atoms with E-state index in [1.165, 1.54) is 148 Å². The minimum atomic E-state index is -0.651. The second-order valence-electron chi connectivity index (χ2n) is 9.97. The second kappa shape index (κ2) is 28.2. The molecule has 0 fully saturated rings. The van der Waals surface area contributed by atoms with Crippen molar-refractivity contribution < 1.29 is 9.90 Å². The Labute approximate surface area is 202 Å². The Bertz CT molecular complexity index is 388. The zero-order chi connectivity index (χ0) is 23.4. The molecule has 2 nitrogen and oxygen atoms in total. The van der Waals surface area contributed by atoms with Gasteiger partial charge in [-0.05, 0) is 32.1 Å². The van der Waals surface area contributed by atoms with Crippen LogP contribution in [0.1, 0.15) is 174 Å². The van der Waals surface area contributed by atoms with E-state index in [4.69, 9.17) is 5.11 Å². The van der Waals surface area contributed by atoms with Crippen molar-refractivity contribution in [2.75, 3.05) is 0 Å².